The van der Waals surface area contributed by atoms with Gasteiger partial charge in [-0.3, -0.25) is 4.79 Å². The number of primary amides is 1. The van der Waals surface area contributed by atoms with Crippen LogP contribution >= 0.6 is 0 Å². The summed E-state index contributed by atoms with van der Waals surface area (Å²) in [5, 5.41) is 2.76. The van der Waals surface area contributed by atoms with Gasteiger partial charge in [-0.05, 0) is 30.0 Å². The van der Waals surface area contributed by atoms with Crippen LogP contribution in [0.2, 0.25) is 0 Å². The second-order valence-electron chi connectivity index (χ2n) is 10.9. The van der Waals surface area contributed by atoms with Gasteiger partial charge in [-0.2, -0.15) is 0 Å². The first kappa shape index (κ1) is 31.2. The topological polar surface area (TPSA) is 98.5 Å². The zero-order chi connectivity index (χ0) is 30.7. The molecule has 3 amide bonds. The van der Waals surface area contributed by atoms with Crippen molar-refractivity contribution in [1.82, 2.24) is 5.32 Å². The van der Waals surface area contributed by atoms with Crippen molar-refractivity contribution < 1.29 is 23.6 Å². The van der Waals surface area contributed by atoms with Crippen molar-refractivity contribution in [3.8, 4) is 0 Å². The SMILES string of the molecule is CC(c1ccccc1)[N@@+](C)(C(=O)C(c1ccccc1)c1ccccc1)[C@H](CCCNC(=O)OCc1ccccc1)C(N)=O. The molecule has 0 aliphatic heterocycles. The first-order valence-corrected chi connectivity index (χ1v) is 14.6. The summed E-state index contributed by atoms with van der Waals surface area (Å²) < 4.78 is 5.08. The number of hydrogen-bond acceptors (Lipinski definition) is 4. The van der Waals surface area contributed by atoms with E-state index in [0.29, 0.717) is 12.8 Å². The van der Waals surface area contributed by atoms with Crippen molar-refractivity contribution in [1.29, 1.82) is 0 Å². The van der Waals surface area contributed by atoms with Gasteiger partial charge in [0.1, 0.15) is 18.6 Å². The highest BCUT2D eigenvalue weighted by molar-refractivity contribution is 5.86. The number of likely N-dealkylation sites (N-methyl/N-ethyl adjacent to an activating group) is 1. The van der Waals surface area contributed by atoms with Crippen molar-refractivity contribution in [3.05, 3.63) is 144 Å². The zero-order valence-electron chi connectivity index (χ0n) is 24.8. The maximum atomic E-state index is 15.0. The summed E-state index contributed by atoms with van der Waals surface area (Å²) in [4.78, 5) is 40.5. The number of benzene rings is 4. The highest BCUT2D eigenvalue weighted by Gasteiger charge is 2.51. The molecule has 4 aromatic carbocycles. The van der Waals surface area contributed by atoms with E-state index in [1.807, 2.05) is 135 Å². The number of quaternary nitrogens is 1. The van der Waals surface area contributed by atoms with Crippen LogP contribution in [-0.4, -0.2) is 42.0 Å². The summed E-state index contributed by atoms with van der Waals surface area (Å²) in [5.41, 5.74) is 9.58. The minimum Gasteiger partial charge on any atom is -0.445 e. The molecule has 3 N–H and O–H groups in total. The largest absolute Gasteiger partial charge is 0.445 e. The molecule has 4 rings (SSSR count). The Hall–Kier alpha value is -4.75. The number of amides is 3. The van der Waals surface area contributed by atoms with E-state index in [1.165, 1.54) is 0 Å². The van der Waals surface area contributed by atoms with Crippen molar-refractivity contribution in [2.24, 2.45) is 5.73 Å². The molecule has 0 aliphatic carbocycles. The molecule has 0 radical (unpaired) electrons. The predicted octanol–water partition coefficient (Wildman–Crippen LogP) is 6.11. The van der Waals surface area contributed by atoms with E-state index < -0.39 is 24.0 Å². The smallest absolute Gasteiger partial charge is 0.407 e. The van der Waals surface area contributed by atoms with Gasteiger partial charge in [0.05, 0.1) is 7.05 Å². The maximum Gasteiger partial charge on any atom is 0.407 e. The number of nitrogens with zero attached hydrogens (tertiary/aromatic N) is 1. The third-order valence-corrected chi connectivity index (χ3v) is 8.19. The van der Waals surface area contributed by atoms with E-state index in [-0.39, 0.29) is 29.6 Å². The number of nitrogens with two attached hydrogens (primary N) is 1. The van der Waals surface area contributed by atoms with Gasteiger partial charge >= 0.3 is 12.0 Å². The molecular formula is C36H40N3O4+. The fourth-order valence-electron chi connectivity index (χ4n) is 5.64. The highest BCUT2D eigenvalue weighted by Crippen LogP contribution is 2.38. The molecule has 7 nitrogen and oxygen atoms in total. The van der Waals surface area contributed by atoms with Gasteiger partial charge in [0, 0.05) is 18.5 Å². The Kier molecular flexibility index (Phi) is 10.8. The van der Waals surface area contributed by atoms with Crippen molar-refractivity contribution in [2.75, 3.05) is 13.6 Å². The van der Waals surface area contributed by atoms with Crippen LogP contribution in [0.5, 0.6) is 0 Å². The first-order chi connectivity index (χ1) is 20.8. The van der Waals surface area contributed by atoms with E-state index >= 15 is 0 Å². The van der Waals surface area contributed by atoms with E-state index in [1.54, 1.807) is 0 Å². The average Bonchev–Trinajstić information content (AvgIpc) is 3.05. The minimum absolute atomic E-state index is 0.132. The van der Waals surface area contributed by atoms with Gasteiger partial charge in [0.25, 0.3) is 5.91 Å². The van der Waals surface area contributed by atoms with Gasteiger partial charge in [0.2, 0.25) is 0 Å². The summed E-state index contributed by atoms with van der Waals surface area (Å²) in [5.74, 6) is -1.32. The molecule has 0 spiro atoms. The average molecular weight is 579 g/mol. The second-order valence-corrected chi connectivity index (χ2v) is 10.9. The van der Waals surface area contributed by atoms with E-state index in [4.69, 9.17) is 10.5 Å². The molecule has 0 aliphatic rings. The van der Waals surface area contributed by atoms with Crippen LogP contribution in [-0.2, 0) is 20.9 Å². The van der Waals surface area contributed by atoms with E-state index in [2.05, 4.69) is 5.32 Å². The number of carbonyl (C=O) groups excluding carboxylic acids is 3. The molecule has 0 aromatic heterocycles. The van der Waals surface area contributed by atoms with Crippen LogP contribution in [0, 0.1) is 0 Å². The molecule has 0 saturated carbocycles. The molecule has 3 atom stereocenters. The third kappa shape index (κ3) is 7.76. The predicted molar refractivity (Wildman–Crippen MR) is 168 cm³/mol. The third-order valence-electron chi connectivity index (χ3n) is 8.19. The lowest BCUT2D eigenvalue weighted by Crippen LogP contribution is -2.63. The minimum atomic E-state index is -0.847. The summed E-state index contributed by atoms with van der Waals surface area (Å²) in [6.45, 7) is 2.40. The summed E-state index contributed by atoms with van der Waals surface area (Å²) >= 11 is 0. The number of alkyl carbamates (subject to hydrolysis) is 1. The number of nitrogens with one attached hydrogen (secondary N) is 1. The molecule has 7 heteroatoms. The van der Waals surface area contributed by atoms with Gasteiger partial charge < -0.3 is 15.8 Å². The lowest BCUT2D eigenvalue weighted by Gasteiger charge is -2.44. The number of rotatable bonds is 13. The molecule has 43 heavy (non-hydrogen) atoms. The van der Waals surface area contributed by atoms with Gasteiger partial charge in [-0.25, -0.2) is 14.1 Å². The van der Waals surface area contributed by atoms with Crippen LogP contribution in [0.1, 0.15) is 54.0 Å². The van der Waals surface area contributed by atoms with Gasteiger partial charge in [0.15, 0.2) is 6.04 Å². The number of ether oxygens (including phenoxy) is 1. The van der Waals surface area contributed by atoms with Crippen LogP contribution in [0.3, 0.4) is 0 Å². The Bertz CT molecular complexity index is 1430. The van der Waals surface area contributed by atoms with Gasteiger partial charge in [-0.15, -0.1) is 0 Å². The molecule has 0 bridgehead atoms. The van der Waals surface area contributed by atoms with Crippen LogP contribution in [0.25, 0.3) is 0 Å². The molecule has 0 saturated heterocycles. The Morgan fingerprint density at radius 1 is 0.744 bits per heavy atom. The lowest BCUT2D eigenvalue weighted by atomic mass is 9.86. The molecule has 0 fully saturated rings. The van der Waals surface area contributed by atoms with E-state index in [9.17, 15) is 14.4 Å². The quantitative estimate of drug-likeness (QED) is 0.148. The number of carbonyl (C=O) groups is 3. The first-order valence-electron chi connectivity index (χ1n) is 14.6. The molecular weight excluding hydrogens is 538 g/mol. The molecule has 0 heterocycles. The lowest BCUT2D eigenvalue weighted by molar-refractivity contribution is -0.881. The fraction of sp³-hybridized carbons (Fsp3) is 0.250. The fourth-order valence-corrected chi connectivity index (χ4v) is 5.64. The van der Waals surface area contributed by atoms with Crippen LogP contribution in [0.4, 0.5) is 4.79 Å². The zero-order valence-corrected chi connectivity index (χ0v) is 24.8. The Morgan fingerprint density at radius 3 is 1.70 bits per heavy atom. The maximum absolute atomic E-state index is 15.0. The normalized spacial score (nSPS) is 13.8. The Morgan fingerprint density at radius 2 is 1.21 bits per heavy atom. The molecule has 4 aromatic rings. The number of hydrogen-bond donors (Lipinski definition) is 2. The standard InChI is InChI=1S/C36H39N3O4/c1-27(29-18-9-4-10-19-29)39(2,35(41)33(30-20-11-5-12-21-30)31-22-13-6-14-23-31)32(34(37)40)24-15-25-38-36(42)43-26-28-16-7-3-8-17-28/h3-14,16-23,27,32-33H,15,24-26H2,1-2H3,(H2-,37,38,40,42)/p+1/t27?,32-,39-/m1/s1. The molecule has 222 valence electrons. The Balaban J connectivity index is 1.60. The van der Waals surface area contributed by atoms with E-state index in [0.717, 1.165) is 22.3 Å². The summed E-state index contributed by atoms with van der Waals surface area (Å²) in [6, 6.07) is 37.2. The van der Waals surface area contributed by atoms with Crippen LogP contribution in [0.15, 0.2) is 121 Å². The highest BCUT2D eigenvalue weighted by atomic mass is 16.5. The Labute approximate surface area is 253 Å². The van der Waals surface area contributed by atoms with Crippen molar-refractivity contribution in [2.45, 2.75) is 44.4 Å². The van der Waals surface area contributed by atoms with Crippen molar-refractivity contribution in [3.63, 3.8) is 0 Å². The van der Waals surface area contributed by atoms with Crippen molar-refractivity contribution >= 4 is 17.9 Å². The summed E-state index contributed by atoms with van der Waals surface area (Å²) in [7, 11) is 1.82. The second kappa shape index (κ2) is 14.9. The van der Waals surface area contributed by atoms with Crippen LogP contribution < -0.4 is 11.1 Å². The molecule has 1 unspecified atom stereocenters. The summed E-state index contributed by atoms with van der Waals surface area (Å²) in [6.07, 6.45) is 0.181. The monoisotopic (exact) mass is 578 g/mol. The van der Waals surface area contributed by atoms with Gasteiger partial charge in [-0.1, -0.05) is 121 Å².